The number of hydrogen-bond donors (Lipinski definition) is 0. The first kappa shape index (κ1) is 18.7. The summed E-state index contributed by atoms with van der Waals surface area (Å²) < 4.78 is 0. The summed E-state index contributed by atoms with van der Waals surface area (Å²) >= 11 is 0. The Morgan fingerprint density at radius 2 is 1.38 bits per heavy atom. The monoisotopic (exact) mass is 189 g/mol. The molecular formula is C12H31N. The van der Waals surface area contributed by atoms with Crippen molar-refractivity contribution in [3.63, 3.8) is 0 Å². The molecule has 0 radical (unpaired) electrons. The standard InChI is InChI=1S/C8H19N.2C2H6/c1-5-6-9(4)7-8(2)3;2*1-2/h8H,5-7H2,1-4H3;2*1-2H3. The molecule has 0 N–H and O–H groups in total. The van der Waals surface area contributed by atoms with Gasteiger partial charge in [0.15, 0.2) is 0 Å². The van der Waals surface area contributed by atoms with Gasteiger partial charge in [-0.3, -0.25) is 0 Å². The van der Waals surface area contributed by atoms with Crippen LogP contribution >= 0.6 is 0 Å². The zero-order chi connectivity index (χ0) is 11.3. The van der Waals surface area contributed by atoms with Crippen molar-refractivity contribution >= 4 is 0 Å². The van der Waals surface area contributed by atoms with Gasteiger partial charge in [-0.15, -0.1) is 0 Å². The third kappa shape index (κ3) is 24.5. The van der Waals surface area contributed by atoms with E-state index in [0.29, 0.717) is 0 Å². The zero-order valence-electron chi connectivity index (χ0n) is 11.1. The maximum atomic E-state index is 2.38. The van der Waals surface area contributed by atoms with E-state index in [2.05, 4.69) is 32.7 Å². The Morgan fingerprint density at radius 1 is 1.00 bits per heavy atom. The van der Waals surface area contributed by atoms with Crippen molar-refractivity contribution in [2.45, 2.75) is 54.9 Å². The highest BCUT2D eigenvalue weighted by molar-refractivity contribution is 4.52. The average Bonchev–Trinajstić information content (AvgIpc) is 2.10. The van der Waals surface area contributed by atoms with Gasteiger partial charge in [-0.2, -0.15) is 0 Å². The van der Waals surface area contributed by atoms with Gasteiger partial charge < -0.3 is 4.90 Å². The highest BCUT2D eigenvalue weighted by Crippen LogP contribution is 1.95. The minimum atomic E-state index is 0.807. The molecule has 0 spiro atoms. The van der Waals surface area contributed by atoms with Crippen LogP contribution in [0.4, 0.5) is 0 Å². The molecule has 0 heterocycles. The van der Waals surface area contributed by atoms with Crippen molar-refractivity contribution < 1.29 is 0 Å². The van der Waals surface area contributed by atoms with Crippen LogP contribution in [0.25, 0.3) is 0 Å². The van der Waals surface area contributed by atoms with Gasteiger partial charge >= 0.3 is 0 Å². The fraction of sp³-hybridized carbons (Fsp3) is 1.00. The van der Waals surface area contributed by atoms with E-state index in [1.54, 1.807) is 0 Å². The molecule has 0 aromatic rings. The van der Waals surface area contributed by atoms with Crippen molar-refractivity contribution in [3.8, 4) is 0 Å². The van der Waals surface area contributed by atoms with Crippen LogP contribution in [0.3, 0.4) is 0 Å². The Hall–Kier alpha value is -0.0400. The average molecular weight is 189 g/mol. The summed E-state index contributed by atoms with van der Waals surface area (Å²) in [5.41, 5.74) is 0. The van der Waals surface area contributed by atoms with Crippen LogP contribution in [0.2, 0.25) is 0 Å². The van der Waals surface area contributed by atoms with Gasteiger partial charge in [-0.05, 0) is 25.9 Å². The molecule has 0 amide bonds. The molecule has 0 saturated carbocycles. The van der Waals surface area contributed by atoms with E-state index in [9.17, 15) is 0 Å². The SMILES string of the molecule is CC.CC.CCCN(C)CC(C)C. The molecule has 84 valence electrons. The first-order valence-corrected chi connectivity index (χ1v) is 5.85. The number of hydrogen-bond acceptors (Lipinski definition) is 1. The second kappa shape index (κ2) is 17.9. The maximum absolute atomic E-state index is 2.38. The second-order valence-electron chi connectivity index (χ2n) is 3.16. The molecule has 0 fully saturated rings. The van der Waals surface area contributed by atoms with Crippen LogP contribution in [0, 0.1) is 5.92 Å². The van der Waals surface area contributed by atoms with E-state index < -0.39 is 0 Å². The highest BCUT2D eigenvalue weighted by Gasteiger charge is 1.97. The second-order valence-corrected chi connectivity index (χ2v) is 3.16. The Kier molecular flexibility index (Phi) is 25.7. The molecule has 0 atom stereocenters. The van der Waals surface area contributed by atoms with E-state index in [0.717, 1.165) is 5.92 Å². The molecule has 1 nitrogen and oxygen atoms in total. The predicted octanol–water partition coefficient (Wildman–Crippen LogP) is 4.04. The molecule has 0 aliphatic rings. The van der Waals surface area contributed by atoms with Crippen molar-refractivity contribution in [2.24, 2.45) is 5.92 Å². The molecule has 0 aliphatic heterocycles. The van der Waals surface area contributed by atoms with Crippen molar-refractivity contribution in [2.75, 3.05) is 20.1 Å². The topological polar surface area (TPSA) is 3.24 Å². The van der Waals surface area contributed by atoms with Crippen molar-refractivity contribution in [3.05, 3.63) is 0 Å². The van der Waals surface area contributed by atoms with Gasteiger partial charge in [-0.25, -0.2) is 0 Å². The zero-order valence-corrected chi connectivity index (χ0v) is 11.1. The van der Waals surface area contributed by atoms with E-state index >= 15 is 0 Å². The predicted molar refractivity (Wildman–Crippen MR) is 65.3 cm³/mol. The molecule has 0 aromatic carbocycles. The third-order valence-electron chi connectivity index (χ3n) is 1.28. The molecule has 0 bridgehead atoms. The molecule has 0 rings (SSSR count). The molecule has 0 unspecified atom stereocenters. The summed E-state index contributed by atoms with van der Waals surface area (Å²) in [4.78, 5) is 2.38. The summed E-state index contributed by atoms with van der Waals surface area (Å²) in [5, 5.41) is 0. The smallest absolute Gasteiger partial charge is 0.000133 e. The van der Waals surface area contributed by atoms with E-state index in [4.69, 9.17) is 0 Å². The molecule has 0 aromatic heterocycles. The van der Waals surface area contributed by atoms with Crippen LogP contribution < -0.4 is 0 Å². The van der Waals surface area contributed by atoms with Gasteiger partial charge in [0.2, 0.25) is 0 Å². The lowest BCUT2D eigenvalue weighted by Gasteiger charge is -2.17. The summed E-state index contributed by atoms with van der Waals surface area (Å²) in [6.07, 6.45) is 1.27. The van der Waals surface area contributed by atoms with Gasteiger partial charge in [0.05, 0.1) is 0 Å². The van der Waals surface area contributed by atoms with Gasteiger partial charge in [-0.1, -0.05) is 48.5 Å². The van der Waals surface area contributed by atoms with Crippen LogP contribution in [-0.2, 0) is 0 Å². The molecule has 1 heteroatoms. The normalized spacial score (nSPS) is 8.77. The Morgan fingerprint density at radius 3 is 1.62 bits per heavy atom. The van der Waals surface area contributed by atoms with Crippen LogP contribution in [0.15, 0.2) is 0 Å². The van der Waals surface area contributed by atoms with E-state index in [1.165, 1.54) is 19.5 Å². The maximum Gasteiger partial charge on any atom is 0.000133 e. The fourth-order valence-corrected chi connectivity index (χ4v) is 1.10. The number of rotatable bonds is 4. The Balaban J connectivity index is -0.000000218. The summed E-state index contributed by atoms with van der Waals surface area (Å²) in [6.45, 7) is 17.2. The minimum absolute atomic E-state index is 0.807. The summed E-state index contributed by atoms with van der Waals surface area (Å²) in [7, 11) is 2.18. The minimum Gasteiger partial charge on any atom is -0.306 e. The number of nitrogens with zero attached hydrogens (tertiary/aromatic N) is 1. The van der Waals surface area contributed by atoms with Gasteiger partial charge in [0.25, 0.3) is 0 Å². The molecule has 0 saturated heterocycles. The Labute approximate surface area is 86.5 Å². The van der Waals surface area contributed by atoms with Crippen molar-refractivity contribution in [1.29, 1.82) is 0 Å². The van der Waals surface area contributed by atoms with Gasteiger partial charge in [0.1, 0.15) is 0 Å². The molecule has 0 aliphatic carbocycles. The van der Waals surface area contributed by atoms with Crippen LogP contribution in [0.5, 0.6) is 0 Å². The van der Waals surface area contributed by atoms with E-state index in [1.807, 2.05) is 27.7 Å². The molecular weight excluding hydrogens is 158 g/mol. The largest absolute Gasteiger partial charge is 0.306 e. The lowest BCUT2D eigenvalue weighted by molar-refractivity contribution is 0.296. The lowest BCUT2D eigenvalue weighted by Crippen LogP contribution is -2.23. The van der Waals surface area contributed by atoms with Gasteiger partial charge in [0, 0.05) is 6.54 Å². The van der Waals surface area contributed by atoms with Crippen LogP contribution in [0.1, 0.15) is 54.9 Å². The summed E-state index contributed by atoms with van der Waals surface area (Å²) in [6, 6.07) is 0. The fourth-order valence-electron chi connectivity index (χ4n) is 1.10. The van der Waals surface area contributed by atoms with E-state index in [-0.39, 0.29) is 0 Å². The lowest BCUT2D eigenvalue weighted by atomic mass is 10.2. The quantitative estimate of drug-likeness (QED) is 0.645. The van der Waals surface area contributed by atoms with Crippen LogP contribution in [-0.4, -0.2) is 25.0 Å². The highest BCUT2D eigenvalue weighted by atomic mass is 15.1. The summed E-state index contributed by atoms with van der Waals surface area (Å²) in [5.74, 6) is 0.807. The first-order valence-electron chi connectivity index (χ1n) is 5.85. The Bertz CT molecular complexity index is 60.1. The third-order valence-corrected chi connectivity index (χ3v) is 1.28. The molecule has 13 heavy (non-hydrogen) atoms. The first-order chi connectivity index (χ1) is 6.16. The van der Waals surface area contributed by atoms with Crippen molar-refractivity contribution in [1.82, 2.24) is 4.90 Å².